The van der Waals surface area contributed by atoms with Crippen LogP contribution in [-0.2, 0) is 14.3 Å². The van der Waals surface area contributed by atoms with Gasteiger partial charge in [-0.2, -0.15) is 23.1 Å². The summed E-state index contributed by atoms with van der Waals surface area (Å²) in [4.78, 5) is 44.4. The fraction of sp³-hybridized carbons (Fsp3) is 0.346. The monoisotopic (exact) mass is 555 g/mol. The van der Waals surface area contributed by atoms with Gasteiger partial charge in [0.25, 0.3) is 5.91 Å². The van der Waals surface area contributed by atoms with E-state index < -0.39 is 5.91 Å². The van der Waals surface area contributed by atoms with Gasteiger partial charge in [0, 0.05) is 30.9 Å². The molecule has 13 heteroatoms. The van der Waals surface area contributed by atoms with Gasteiger partial charge >= 0.3 is 6.15 Å². The number of hydrogen-bond donors (Lipinski definition) is 3. The Kier molecular flexibility index (Phi) is 12.8. The third-order valence-corrected chi connectivity index (χ3v) is 5.88. The lowest BCUT2D eigenvalue weighted by Crippen LogP contribution is -2.36. The maximum Gasteiger partial charge on any atom is 0.373 e. The van der Waals surface area contributed by atoms with Gasteiger partial charge < -0.3 is 30.7 Å². The van der Waals surface area contributed by atoms with Crippen molar-refractivity contribution < 1.29 is 23.9 Å². The molecule has 1 atom stereocenters. The Morgan fingerprint density at radius 3 is 2.54 bits per heavy atom. The van der Waals surface area contributed by atoms with E-state index in [0.717, 1.165) is 36.5 Å². The molecule has 1 fully saturated rings. The van der Waals surface area contributed by atoms with Gasteiger partial charge in [-0.15, -0.1) is 0 Å². The molecule has 0 saturated carbocycles. The lowest BCUT2D eigenvalue weighted by Gasteiger charge is -2.30. The molecule has 0 radical (unpaired) electrons. The number of amides is 1. The smallest absolute Gasteiger partial charge is 0.373 e. The van der Waals surface area contributed by atoms with Crippen molar-refractivity contribution in [2.24, 2.45) is 0 Å². The SMILES string of the molecule is CN[C@H](C)CCOc1ccc(-c2cnc(N)c(C(=O)Nc3cnccc3N3CCOCC3)n2)cc1.O=C=O.S. The van der Waals surface area contributed by atoms with Crippen LogP contribution in [0.2, 0.25) is 0 Å². The number of nitrogen functional groups attached to an aromatic ring is 1. The van der Waals surface area contributed by atoms with Crippen molar-refractivity contribution in [2.75, 3.05) is 55.9 Å². The number of ether oxygens (including phenoxy) is 2. The first-order valence-corrected chi connectivity index (χ1v) is 12.1. The summed E-state index contributed by atoms with van der Waals surface area (Å²) in [6.07, 6.45) is 6.03. The van der Waals surface area contributed by atoms with Gasteiger partial charge in [-0.3, -0.25) is 9.78 Å². The van der Waals surface area contributed by atoms with Crippen molar-refractivity contribution in [3.63, 3.8) is 0 Å². The highest BCUT2D eigenvalue weighted by molar-refractivity contribution is 7.59. The minimum absolute atomic E-state index is 0. The van der Waals surface area contributed by atoms with E-state index in [1.54, 1.807) is 18.6 Å². The zero-order valence-electron chi connectivity index (χ0n) is 21.8. The zero-order chi connectivity index (χ0) is 27.3. The molecular weight excluding hydrogens is 522 g/mol. The molecule has 3 heterocycles. The third-order valence-electron chi connectivity index (χ3n) is 5.88. The van der Waals surface area contributed by atoms with E-state index in [9.17, 15) is 4.79 Å². The number of hydrogen-bond acceptors (Lipinski definition) is 11. The van der Waals surface area contributed by atoms with Crippen molar-refractivity contribution in [3.05, 3.63) is 54.6 Å². The number of morpholine rings is 1. The maximum atomic E-state index is 13.1. The Morgan fingerprint density at radius 1 is 1.18 bits per heavy atom. The van der Waals surface area contributed by atoms with Crippen LogP contribution >= 0.6 is 13.5 Å². The quantitative estimate of drug-likeness (QED) is 0.354. The van der Waals surface area contributed by atoms with Crippen LogP contribution in [0, 0.1) is 0 Å². The van der Waals surface area contributed by atoms with Gasteiger partial charge in [-0.1, -0.05) is 0 Å². The molecule has 4 rings (SSSR count). The van der Waals surface area contributed by atoms with E-state index in [1.165, 1.54) is 0 Å². The number of nitrogens with two attached hydrogens (primary N) is 1. The minimum Gasteiger partial charge on any atom is -0.494 e. The van der Waals surface area contributed by atoms with Gasteiger partial charge in [-0.25, -0.2) is 9.97 Å². The number of benzene rings is 1. The number of carbonyl (C=O) groups excluding carboxylic acids is 3. The van der Waals surface area contributed by atoms with E-state index >= 15 is 0 Å². The van der Waals surface area contributed by atoms with Crippen LogP contribution in [0.5, 0.6) is 5.75 Å². The molecule has 208 valence electrons. The third kappa shape index (κ3) is 9.04. The second kappa shape index (κ2) is 16.0. The van der Waals surface area contributed by atoms with Crippen molar-refractivity contribution in [2.45, 2.75) is 19.4 Å². The summed E-state index contributed by atoms with van der Waals surface area (Å²) in [7, 11) is 1.93. The first-order chi connectivity index (χ1) is 18.5. The van der Waals surface area contributed by atoms with Gasteiger partial charge in [0.1, 0.15) is 5.75 Å². The second-order valence-electron chi connectivity index (χ2n) is 8.37. The molecule has 4 N–H and O–H groups in total. The van der Waals surface area contributed by atoms with Crippen LogP contribution in [0.25, 0.3) is 11.3 Å². The fourth-order valence-corrected chi connectivity index (χ4v) is 3.67. The van der Waals surface area contributed by atoms with E-state index in [1.807, 2.05) is 37.4 Å². The number of aromatic nitrogens is 3. The summed E-state index contributed by atoms with van der Waals surface area (Å²) in [5.41, 5.74) is 8.87. The molecule has 0 bridgehead atoms. The zero-order valence-corrected chi connectivity index (χ0v) is 22.8. The molecule has 0 spiro atoms. The lowest BCUT2D eigenvalue weighted by atomic mass is 10.1. The Hall–Kier alpha value is -4.03. The Balaban J connectivity index is 0.00000127. The van der Waals surface area contributed by atoms with E-state index in [0.29, 0.717) is 37.2 Å². The fourth-order valence-electron chi connectivity index (χ4n) is 3.67. The van der Waals surface area contributed by atoms with Crippen molar-refractivity contribution in [3.8, 4) is 17.0 Å². The number of pyridine rings is 1. The number of anilines is 3. The van der Waals surface area contributed by atoms with Crippen LogP contribution in [0.15, 0.2) is 48.9 Å². The minimum atomic E-state index is -0.446. The van der Waals surface area contributed by atoms with Crippen LogP contribution in [-0.4, -0.2) is 73.0 Å². The maximum absolute atomic E-state index is 13.1. The molecule has 1 amide bonds. The van der Waals surface area contributed by atoms with Crippen molar-refractivity contribution in [1.29, 1.82) is 0 Å². The van der Waals surface area contributed by atoms with Crippen LogP contribution in [0.1, 0.15) is 23.8 Å². The first-order valence-electron chi connectivity index (χ1n) is 12.1. The molecule has 2 aromatic heterocycles. The van der Waals surface area contributed by atoms with Crippen molar-refractivity contribution >= 4 is 42.7 Å². The van der Waals surface area contributed by atoms with E-state index in [4.69, 9.17) is 24.8 Å². The van der Waals surface area contributed by atoms with Gasteiger partial charge in [0.2, 0.25) is 0 Å². The van der Waals surface area contributed by atoms with E-state index in [-0.39, 0.29) is 31.2 Å². The highest BCUT2D eigenvalue weighted by Crippen LogP contribution is 2.27. The standard InChI is InChI=1S/C25H31N7O3.CO2.H2S/c1-17(27-2)8-12-35-19-5-3-18(4-6-19)20-16-29-24(26)23(30-20)25(33)31-21-15-28-9-7-22(21)32-10-13-34-14-11-32;2-1-3;/h3-7,9,15-17,27H,8,10-14H2,1-2H3,(H2,26,29)(H,31,33);;1H2/t17-;;/m1../s1. The highest BCUT2D eigenvalue weighted by Gasteiger charge is 2.20. The molecule has 39 heavy (non-hydrogen) atoms. The van der Waals surface area contributed by atoms with Crippen LogP contribution < -0.4 is 26.0 Å². The highest BCUT2D eigenvalue weighted by atomic mass is 32.1. The van der Waals surface area contributed by atoms with Crippen molar-refractivity contribution in [1.82, 2.24) is 20.3 Å². The Bertz CT molecular complexity index is 1230. The molecule has 0 unspecified atom stereocenters. The number of nitrogens with one attached hydrogen (secondary N) is 2. The first kappa shape index (κ1) is 31.2. The molecule has 1 aromatic carbocycles. The normalized spacial score (nSPS) is 13.1. The topological polar surface area (TPSA) is 162 Å². The molecule has 3 aromatic rings. The summed E-state index contributed by atoms with van der Waals surface area (Å²) in [5.74, 6) is 0.380. The van der Waals surface area contributed by atoms with Gasteiger partial charge in [-0.05, 0) is 50.7 Å². The summed E-state index contributed by atoms with van der Waals surface area (Å²) >= 11 is 0. The average Bonchev–Trinajstić information content (AvgIpc) is 2.95. The lowest BCUT2D eigenvalue weighted by molar-refractivity contribution is -0.191. The molecule has 1 saturated heterocycles. The molecule has 12 nitrogen and oxygen atoms in total. The molecule has 1 aliphatic rings. The van der Waals surface area contributed by atoms with Gasteiger partial charge in [0.05, 0.1) is 49.3 Å². The number of nitrogens with zero attached hydrogens (tertiary/aromatic N) is 4. The summed E-state index contributed by atoms with van der Waals surface area (Å²) in [6, 6.07) is 9.78. The Labute approximate surface area is 233 Å². The predicted octanol–water partition coefficient (Wildman–Crippen LogP) is 2.12. The molecule has 0 aliphatic carbocycles. The van der Waals surface area contributed by atoms with Crippen LogP contribution in [0.4, 0.5) is 17.2 Å². The number of carbonyl (C=O) groups is 1. The largest absolute Gasteiger partial charge is 0.494 e. The Morgan fingerprint density at radius 2 is 1.87 bits per heavy atom. The summed E-state index contributed by atoms with van der Waals surface area (Å²) in [5, 5.41) is 6.08. The van der Waals surface area contributed by atoms with E-state index in [2.05, 4.69) is 37.4 Å². The summed E-state index contributed by atoms with van der Waals surface area (Å²) in [6.45, 7) is 5.47. The van der Waals surface area contributed by atoms with Crippen LogP contribution in [0.3, 0.4) is 0 Å². The van der Waals surface area contributed by atoms with Gasteiger partial charge in [0.15, 0.2) is 11.5 Å². The molecule has 1 aliphatic heterocycles. The molecular formula is C26H33N7O5S. The predicted molar refractivity (Wildman–Crippen MR) is 151 cm³/mol. The average molecular weight is 556 g/mol. The second-order valence-corrected chi connectivity index (χ2v) is 8.37. The summed E-state index contributed by atoms with van der Waals surface area (Å²) < 4.78 is 11.2. The number of rotatable bonds is 9.